The van der Waals surface area contributed by atoms with Crippen molar-refractivity contribution < 1.29 is 28.2 Å². The van der Waals surface area contributed by atoms with Gasteiger partial charge in [-0.2, -0.15) is 0 Å². The highest BCUT2D eigenvalue weighted by Crippen LogP contribution is 2.24. The Balaban J connectivity index is 1.95. The second kappa shape index (κ2) is 8.63. The molecule has 0 aliphatic rings. The van der Waals surface area contributed by atoms with Gasteiger partial charge in [0.25, 0.3) is 0 Å². The predicted octanol–water partition coefficient (Wildman–Crippen LogP) is 3.28. The van der Waals surface area contributed by atoms with Crippen LogP contribution >= 0.6 is 0 Å². The fraction of sp³-hybridized carbons (Fsp3) is 0.158. The lowest BCUT2D eigenvalue weighted by Gasteiger charge is -2.09. The van der Waals surface area contributed by atoms with E-state index < -0.39 is 18.4 Å². The maximum atomic E-state index is 12.8. The number of esters is 1. The quantitative estimate of drug-likeness (QED) is 0.438. The highest BCUT2D eigenvalue weighted by molar-refractivity contribution is 6.01. The molecule has 0 saturated heterocycles. The summed E-state index contributed by atoms with van der Waals surface area (Å²) in [5.74, 6) is -0.554. The van der Waals surface area contributed by atoms with Crippen molar-refractivity contribution in [3.05, 3.63) is 65.5 Å². The summed E-state index contributed by atoms with van der Waals surface area (Å²) in [6.45, 7) is -0.421. The summed E-state index contributed by atoms with van der Waals surface area (Å²) in [4.78, 5) is 23.9. The van der Waals surface area contributed by atoms with Crippen molar-refractivity contribution in [1.29, 1.82) is 0 Å². The second-order valence-corrected chi connectivity index (χ2v) is 4.98. The first-order chi connectivity index (χ1) is 12.0. The van der Waals surface area contributed by atoms with E-state index in [0.29, 0.717) is 22.6 Å². The minimum absolute atomic E-state index is 0.290. The fourth-order valence-electron chi connectivity index (χ4n) is 2.03. The van der Waals surface area contributed by atoms with Gasteiger partial charge in [0.15, 0.2) is 6.61 Å². The number of halogens is 1. The van der Waals surface area contributed by atoms with Crippen molar-refractivity contribution in [2.24, 2.45) is 0 Å². The van der Waals surface area contributed by atoms with E-state index in [2.05, 4.69) is 0 Å². The third-order valence-corrected chi connectivity index (χ3v) is 3.34. The molecule has 25 heavy (non-hydrogen) atoms. The Kier molecular flexibility index (Phi) is 6.28. The van der Waals surface area contributed by atoms with Crippen LogP contribution in [0.2, 0.25) is 0 Å². The molecule has 130 valence electrons. The Bertz CT molecular complexity index is 781. The van der Waals surface area contributed by atoms with Gasteiger partial charge in [0.1, 0.15) is 17.3 Å². The molecule has 0 fully saturated rings. The molecule has 0 radical (unpaired) electrons. The van der Waals surface area contributed by atoms with E-state index in [0.717, 1.165) is 0 Å². The Hall–Kier alpha value is -3.15. The zero-order chi connectivity index (χ0) is 18.2. The molecule has 0 amide bonds. The lowest BCUT2D eigenvalue weighted by atomic mass is 10.1. The first-order valence-electron chi connectivity index (χ1n) is 7.39. The van der Waals surface area contributed by atoms with E-state index in [1.54, 1.807) is 18.2 Å². The Morgan fingerprint density at radius 1 is 1.04 bits per heavy atom. The van der Waals surface area contributed by atoms with Gasteiger partial charge >= 0.3 is 5.97 Å². The average molecular weight is 344 g/mol. The van der Waals surface area contributed by atoms with Gasteiger partial charge in [-0.3, -0.25) is 4.79 Å². The van der Waals surface area contributed by atoms with Gasteiger partial charge in [0.05, 0.1) is 19.8 Å². The second-order valence-electron chi connectivity index (χ2n) is 4.98. The van der Waals surface area contributed by atoms with Crippen LogP contribution in [-0.4, -0.2) is 32.6 Å². The minimum atomic E-state index is -0.676. The molecule has 0 aliphatic carbocycles. The van der Waals surface area contributed by atoms with Gasteiger partial charge in [-0.25, -0.2) is 9.18 Å². The molecule has 0 N–H and O–H groups in total. The van der Waals surface area contributed by atoms with E-state index in [-0.39, 0.29) is 5.82 Å². The molecule has 6 heteroatoms. The van der Waals surface area contributed by atoms with Gasteiger partial charge in [-0.1, -0.05) is 12.1 Å². The largest absolute Gasteiger partial charge is 0.497 e. The van der Waals surface area contributed by atoms with Crippen LogP contribution in [0.1, 0.15) is 15.9 Å². The SMILES string of the molecule is COc1ccc(C(=O)COC(=O)C=Cc2ccc(F)cc2)c(OC)c1. The number of ketones is 1. The third kappa shape index (κ3) is 5.17. The number of Topliss-reactive ketones (excluding diaryl/α,β-unsaturated/α-hetero) is 1. The molecule has 2 rings (SSSR count). The molecule has 5 nitrogen and oxygen atoms in total. The minimum Gasteiger partial charge on any atom is -0.497 e. The van der Waals surface area contributed by atoms with Crippen molar-refractivity contribution in [2.75, 3.05) is 20.8 Å². The lowest BCUT2D eigenvalue weighted by Crippen LogP contribution is -2.13. The molecule has 2 aromatic rings. The lowest BCUT2D eigenvalue weighted by molar-refractivity contribution is -0.136. The molecule has 2 aromatic carbocycles. The highest BCUT2D eigenvalue weighted by Gasteiger charge is 2.14. The summed E-state index contributed by atoms with van der Waals surface area (Å²) in [6, 6.07) is 10.3. The van der Waals surface area contributed by atoms with Gasteiger partial charge < -0.3 is 14.2 Å². The normalized spacial score (nSPS) is 10.5. The van der Waals surface area contributed by atoms with Gasteiger partial charge in [0.2, 0.25) is 5.78 Å². The molecule has 0 saturated carbocycles. The molecular weight excluding hydrogens is 327 g/mol. The van der Waals surface area contributed by atoms with Crippen molar-refractivity contribution in [1.82, 2.24) is 0 Å². The average Bonchev–Trinajstić information content (AvgIpc) is 2.65. The van der Waals surface area contributed by atoms with E-state index in [1.165, 1.54) is 50.6 Å². The molecule has 0 bridgehead atoms. The maximum Gasteiger partial charge on any atom is 0.331 e. The van der Waals surface area contributed by atoms with E-state index in [4.69, 9.17) is 14.2 Å². The summed E-state index contributed by atoms with van der Waals surface area (Å²) >= 11 is 0. The van der Waals surface area contributed by atoms with Crippen LogP contribution in [0, 0.1) is 5.82 Å². The number of methoxy groups -OCH3 is 2. The van der Waals surface area contributed by atoms with Crippen LogP contribution < -0.4 is 9.47 Å². The van der Waals surface area contributed by atoms with Crippen LogP contribution in [0.15, 0.2) is 48.5 Å². The number of rotatable bonds is 7. The first-order valence-corrected chi connectivity index (χ1v) is 7.39. The van der Waals surface area contributed by atoms with Gasteiger partial charge in [-0.15, -0.1) is 0 Å². The van der Waals surface area contributed by atoms with Crippen molar-refractivity contribution >= 4 is 17.8 Å². The predicted molar refractivity (Wildman–Crippen MR) is 90.3 cm³/mol. The van der Waals surface area contributed by atoms with Crippen molar-refractivity contribution in [3.63, 3.8) is 0 Å². The number of ether oxygens (including phenoxy) is 3. The highest BCUT2D eigenvalue weighted by atomic mass is 19.1. The van der Waals surface area contributed by atoms with Crippen LogP contribution in [0.3, 0.4) is 0 Å². The number of carbonyl (C=O) groups is 2. The number of benzene rings is 2. The molecule has 0 aromatic heterocycles. The fourth-order valence-corrected chi connectivity index (χ4v) is 2.03. The summed E-state index contributed by atoms with van der Waals surface area (Å²) in [5.41, 5.74) is 0.931. The van der Waals surface area contributed by atoms with Crippen LogP contribution in [0.4, 0.5) is 4.39 Å². The summed E-state index contributed by atoms with van der Waals surface area (Å²) < 4.78 is 27.9. The van der Waals surface area contributed by atoms with Crippen LogP contribution in [0.25, 0.3) is 6.08 Å². The van der Waals surface area contributed by atoms with E-state index >= 15 is 0 Å². The van der Waals surface area contributed by atoms with Gasteiger partial charge in [-0.05, 0) is 35.9 Å². The van der Waals surface area contributed by atoms with Crippen LogP contribution in [0.5, 0.6) is 11.5 Å². The van der Waals surface area contributed by atoms with E-state index in [1.807, 2.05) is 0 Å². The smallest absolute Gasteiger partial charge is 0.331 e. The number of hydrogen-bond donors (Lipinski definition) is 0. The standard InChI is InChI=1S/C19H17FO5/c1-23-15-8-9-16(18(11-15)24-2)17(21)12-25-19(22)10-5-13-3-6-14(20)7-4-13/h3-11H,12H2,1-2H3. The summed E-state index contributed by atoms with van der Waals surface area (Å²) in [7, 11) is 2.94. The zero-order valence-electron chi connectivity index (χ0n) is 13.8. The Morgan fingerprint density at radius 2 is 1.76 bits per heavy atom. The summed E-state index contributed by atoms with van der Waals surface area (Å²) in [5, 5.41) is 0. The molecule has 0 heterocycles. The molecular formula is C19H17FO5. The first kappa shape index (κ1) is 18.2. The summed E-state index contributed by atoms with van der Waals surface area (Å²) in [6.07, 6.45) is 2.64. The molecule has 0 aliphatic heterocycles. The van der Waals surface area contributed by atoms with Gasteiger partial charge in [0, 0.05) is 12.1 Å². The third-order valence-electron chi connectivity index (χ3n) is 3.34. The molecule has 0 spiro atoms. The monoisotopic (exact) mass is 344 g/mol. The topological polar surface area (TPSA) is 61.8 Å². The Labute approximate surface area is 144 Å². The van der Waals surface area contributed by atoms with Crippen LogP contribution in [-0.2, 0) is 9.53 Å². The maximum absolute atomic E-state index is 12.8. The van der Waals surface area contributed by atoms with Crippen molar-refractivity contribution in [2.45, 2.75) is 0 Å². The zero-order valence-corrected chi connectivity index (χ0v) is 13.8. The molecule has 0 atom stereocenters. The van der Waals surface area contributed by atoms with Crippen molar-refractivity contribution in [3.8, 4) is 11.5 Å². The molecule has 0 unspecified atom stereocenters. The Morgan fingerprint density at radius 3 is 2.40 bits per heavy atom. The van der Waals surface area contributed by atoms with E-state index in [9.17, 15) is 14.0 Å². The number of hydrogen-bond acceptors (Lipinski definition) is 5. The number of carbonyl (C=O) groups excluding carboxylic acids is 2.